The number of thioether (sulfide) groups is 1. The molecular formula is C24H28N2O4S. The molecular weight excluding hydrogens is 412 g/mol. The third kappa shape index (κ3) is 6.59. The van der Waals surface area contributed by atoms with E-state index in [4.69, 9.17) is 4.74 Å². The van der Waals surface area contributed by atoms with E-state index in [-0.39, 0.29) is 35.1 Å². The number of carbonyl (C=O) groups is 3. The summed E-state index contributed by atoms with van der Waals surface area (Å²) in [6.45, 7) is 0. The van der Waals surface area contributed by atoms with Crippen LogP contribution in [-0.4, -0.2) is 48.0 Å². The first-order valence-electron chi connectivity index (χ1n) is 10.5. The highest BCUT2D eigenvalue weighted by Crippen LogP contribution is 2.32. The number of benzene rings is 2. The summed E-state index contributed by atoms with van der Waals surface area (Å²) in [5.41, 5.74) is 1.19. The summed E-state index contributed by atoms with van der Waals surface area (Å²) in [6, 6.07) is 17.8. The zero-order valence-electron chi connectivity index (χ0n) is 17.6. The van der Waals surface area contributed by atoms with Crippen LogP contribution in [0.3, 0.4) is 0 Å². The topological polar surface area (TPSA) is 84.5 Å². The highest BCUT2D eigenvalue weighted by atomic mass is 32.2. The van der Waals surface area contributed by atoms with Crippen LogP contribution in [0.4, 0.5) is 0 Å². The highest BCUT2D eigenvalue weighted by molar-refractivity contribution is 8.00. The van der Waals surface area contributed by atoms with E-state index in [1.165, 1.54) is 7.11 Å². The van der Waals surface area contributed by atoms with Crippen molar-refractivity contribution in [2.24, 2.45) is 0 Å². The summed E-state index contributed by atoms with van der Waals surface area (Å²) in [5.74, 6) is 0.226. The molecule has 2 amide bonds. The number of rotatable bonds is 9. The smallest absolute Gasteiger partial charge is 0.305 e. The van der Waals surface area contributed by atoms with Gasteiger partial charge in [0.15, 0.2) is 0 Å². The molecule has 1 aliphatic heterocycles. The van der Waals surface area contributed by atoms with Gasteiger partial charge in [-0.05, 0) is 37.1 Å². The molecule has 164 valence electrons. The van der Waals surface area contributed by atoms with Crippen molar-refractivity contribution < 1.29 is 19.1 Å². The third-order valence-electron chi connectivity index (χ3n) is 5.36. The fourth-order valence-electron chi connectivity index (χ4n) is 3.66. The number of esters is 1. The lowest BCUT2D eigenvalue weighted by Gasteiger charge is -2.26. The SMILES string of the molecule is COC(=O)CCCC[C@@H]1SC[C@H](NC(=O)c2ccccc2)[C@@H]1NC(=O)c1ccccc1. The van der Waals surface area contributed by atoms with Crippen molar-refractivity contribution in [3.05, 3.63) is 71.8 Å². The molecule has 0 aliphatic carbocycles. The molecule has 0 aromatic heterocycles. The van der Waals surface area contributed by atoms with Crippen molar-refractivity contribution in [1.82, 2.24) is 10.6 Å². The van der Waals surface area contributed by atoms with Crippen LogP contribution < -0.4 is 10.6 Å². The van der Waals surface area contributed by atoms with Gasteiger partial charge in [-0.15, -0.1) is 0 Å². The van der Waals surface area contributed by atoms with E-state index in [0.29, 0.717) is 17.5 Å². The molecule has 2 aromatic rings. The van der Waals surface area contributed by atoms with Crippen LogP contribution in [0.2, 0.25) is 0 Å². The molecule has 1 heterocycles. The zero-order valence-corrected chi connectivity index (χ0v) is 18.4. The third-order valence-corrected chi connectivity index (χ3v) is 6.87. The normalized spacial score (nSPS) is 20.1. The Morgan fingerprint density at radius 3 is 2.06 bits per heavy atom. The quantitative estimate of drug-likeness (QED) is 0.461. The van der Waals surface area contributed by atoms with Gasteiger partial charge in [-0.2, -0.15) is 11.8 Å². The van der Waals surface area contributed by atoms with E-state index in [1.807, 2.05) is 36.4 Å². The lowest BCUT2D eigenvalue weighted by molar-refractivity contribution is -0.140. The molecule has 1 aliphatic rings. The predicted molar refractivity (Wildman–Crippen MR) is 122 cm³/mol. The second-order valence-corrected chi connectivity index (χ2v) is 8.78. The second kappa shape index (κ2) is 11.6. The first kappa shape index (κ1) is 22.9. The maximum absolute atomic E-state index is 12.8. The molecule has 31 heavy (non-hydrogen) atoms. The van der Waals surface area contributed by atoms with E-state index >= 15 is 0 Å². The van der Waals surface area contributed by atoms with Crippen LogP contribution in [0.25, 0.3) is 0 Å². The van der Waals surface area contributed by atoms with Gasteiger partial charge in [0.2, 0.25) is 0 Å². The zero-order chi connectivity index (χ0) is 22.1. The molecule has 7 heteroatoms. The lowest BCUT2D eigenvalue weighted by Crippen LogP contribution is -2.53. The van der Waals surface area contributed by atoms with Gasteiger partial charge in [-0.3, -0.25) is 14.4 Å². The fraction of sp³-hybridized carbons (Fsp3) is 0.375. The van der Waals surface area contributed by atoms with Gasteiger partial charge in [-0.1, -0.05) is 42.8 Å². The van der Waals surface area contributed by atoms with Crippen LogP contribution in [0, 0.1) is 0 Å². The van der Waals surface area contributed by atoms with Crippen LogP contribution >= 0.6 is 11.8 Å². The summed E-state index contributed by atoms with van der Waals surface area (Å²) in [6.07, 6.45) is 2.83. The monoisotopic (exact) mass is 440 g/mol. The number of amides is 2. The second-order valence-electron chi connectivity index (χ2n) is 7.50. The largest absolute Gasteiger partial charge is 0.469 e. The first-order valence-corrected chi connectivity index (χ1v) is 11.5. The van der Waals surface area contributed by atoms with Gasteiger partial charge in [0.25, 0.3) is 11.8 Å². The van der Waals surface area contributed by atoms with E-state index in [0.717, 1.165) is 25.0 Å². The van der Waals surface area contributed by atoms with Crippen LogP contribution in [0.1, 0.15) is 46.4 Å². The molecule has 3 rings (SSSR count). The molecule has 2 aromatic carbocycles. The number of hydrogen-bond donors (Lipinski definition) is 2. The maximum atomic E-state index is 12.8. The van der Waals surface area contributed by atoms with Gasteiger partial charge in [-0.25, -0.2) is 0 Å². The molecule has 6 nitrogen and oxygen atoms in total. The Morgan fingerprint density at radius 1 is 0.903 bits per heavy atom. The molecule has 0 radical (unpaired) electrons. The summed E-state index contributed by atoms with van der Waals surface area (Å²) in [4.78, 5) is 36.9. The van der Waals surface area contributed by atoms with Gasteiger partial charge < -0.3 is 15.4 Å². The number of hydrogen-bond acceptors (Lipinski definition) is 5. The molecule has 0 spiro atoms. The van der Waals surface area contributed by atoms with E-state index in [9.17, 15) is 14.4 Å². The standard InChI is InChI=1S/C24H28N2O4S/c1-30-21(27)15-9-8-14-20-22(26-24(29)18-12-6-3-7-13-18)19(16-31-20)25-23(28)17-10-4-2-5-11-17/h2-7,10-13,19-20,22H,8-9,14-16H2,1H3,(H,25,28)(H,26,29)/t19-,20-,22-/m0/s1. The van der Waals surface area contributed by atoms with E-state index in [1.54, 1.807) is 36.0 Å². The van der Waals surface area contributed by atoms with Gasteiger partial charge in [0.05, 0.1) is 19.2 Å². The Morgan fingerprint density at radius 2 is 1.48 bits per heavy atom. The Labute approximate surface area is 187 Å². The van der Waals surface area contributed by atoms with Crippen molar-refractivity contribution in [2.45, 2.75) is 43.0 Å². The highest BCUT2D eigenvalue weighted by Gasteiger charge is 2.38. The van der Waals surface area contributed by atoms with Crippen molar-refractivity contribution in [3.8, 4) is 0 Å². The number of methoxy groups -OCH3 is 1. The summed E-state index contributed by atoms with van der Waals surface area (Å²) >= 11 is 1.75. The van der Waals surface area contributed by atoms with E-state index in [2.05, 4.69) is 10.6 Å². The minimum atomic E-state index is -0.207. The molecule has 0 unspecified atom stereocenters. The minimum absolute atomic E-state index is 0.142. The average Bonchev–Trinajstić information content (AvgIpc) is 3.18. The minimum Gasteiger partial charge on any atom is -0.469 e. The molecule has 2 N–H and O–H groups in total. The molecule has 3 atom stereocenters. The Hall–Kier alpha value is -2.80. The number of unbranched alkanes of at least 4 members (excludes halogenated alkanes) is 1. The van der Waals surface area contributed by atoms with Crippen LogP contribution in [-0.2, 0) is 9.53 Å². The van der Waals surface area contributed by atoms with Gasteiger partial charge >= 0.3 is 5.97 Å². The summed E-state index contributed by atoms with van der Waals surface area (Å²) in [7, 11) is 1.39. The van der Waals surface area contributed by atoms with E-state index < -0.39 is 0 Å². The predicted octanol–water partition coefficient (Wildman–Crippen LogP) is 3.43. The summed E-state index contributed by atoms with van der Waals surface area (Å²) in [5, 5.41) is 6.41. The van der Waals surface area contributed by atoms with Crippen molar-refractivity contribution >= 4 is 29.5 Å². The fourth-order valence-corrected chi connectivity index (χ4v) is 5.21. The van der Waals surface area contributed by atoms with Crippen LogP contribution in [0.5, 0.6) is 0 Å². The Bertz CT molecular complexity index is 876. The number of nitrogens with one attached hydrogen (secondary N) is 2. The Balaban J connectivity index is 1.66. The molecule has 1 saturated heterocycles. The van der Waals surface area contributed by atoms with Crippen molar-refractivity contribution in [1.29, 1.82) is 0 Å². The van der Waals surface area contributed by atoms with Crippen molar-refractivity contribution in [2.75, 3.05) is 12.9 Å². The number of carbonyl (C=O) groups excluding carboxylic acids is 3. The van der Waals surface area contributed by atoms with Crippen LogP contribution in [0.15, 0.2) is 60.7 Å². The Kier molecular flexibility index (Phi) is 8.53. The molecule has 0 saturated carbocycles. The van der Waals surface area contributed by atoms with Gasteiger partial charge in [0.1, 0.15) is 0 Å². The number of ether oxygens (including phenoxy) is 1. The maximum Gasteiger partial charge on any atom is 0.305 e. The van der Waals surface area contributed by atoms with Crippen molar-refractivity contribution in [3.63, 3.8) is 0 Å². The first-order chi connectivity index (χ1) is 15.1. The molecule has 1 fully saturated rings. The average molecular weight is 441 g/mol. The van der Waals surface area contributed by atoms with Gasteiger partial charge in [0, 0.05) is 28.6 Å². The molecule has 0 bridgehead atoms. The lowest BCUT2D eigenvalue weighted by atomic mass is 10.00. The summed E-state index contributed by atoms with van der Waals surface area (Å²) < 4.78 is 4.70.